The Morgan fingerprint density at radius 2 is 1.76 bits per heavy atom. The van der Waals surface area contributed by atoms with Crippen LogP contribution in [0.25, 0.3) is 0 Å². The normalized spacial score (nSPS) is 17.8. The Labute approximate surface area is 220 Å². The number of ether oxygens (including phenoxy) is 2. The maximum Gasteiger partial charge on any atom is 0.260 e. The predicted octanol–water partition coefficient (Wildman–Crippen LogP) is 2.68. The molecule has 2 atom stereocenters. The van der Waals surface area contributed by atoms with Gasteiger partial charge in [-0.1, -0.05) is 23.7 Å². The summed E-state index contributed by atoms with van der Waals surface area (Å²) in [7, 11) is 1.38. The van der Waals surface area contributed by atoms with Crippen molar-refractivity contribution in [1.82, 2.24) is 15.1 Å². The number of piperazine rings is 1. The van der Waals surface area contributed by atoms with E-state index < -0.39 is 11.8 Å². The monoisotopic (exact) mass is 534 g/mol. The molecule has 0 saturated carbocycles. The van der Waals surface area contributed by atoms with Crippen molar-refractivity contribution in [1.29, 1.82) is 0 Å². The number of halogens is 2. The highest BCUT2D eigenvalue weighted by atomic mass is 35.5. The van der Waals surface area contributed by atoms with Gasteiger partial charge in [-0.2, -0.15) is 0 Å². The fourth-order valence-corrected chi connectivity index (χ4v) is 4.27. The highest BCUT2D eigenvalue weighted by Gasteiger charge is 2.32. The highest BCUT2D eigenvalue weighted by Crippen LogP contribution is 2.28. The van der Waals surface area contributed by atoms with Gasteiger partial charge in [0.15, 0.2) is 6.61 Å². The number of amides is 3. The third-order valence-electron chi connectivity index (χ3n) is 6.02. The third kappa shape index (κ3) is 8.41. The first-order chi connectivity index (χ1) is 17.7. The van der Waals surface area contributed by atoms with Crippen LogP contribution in [-0.4, -0.2) is 79.6 Å². The minimum Gasteiger partial charge on any atom is -0.482 e. The first-order valence-electron chi connectivity index (χ1n) is 11.9. The van der Waals surface area contributed by atoms with Crippen molar-refractivity contribution >= 4 is 35.0 Å². The number of rotatable bonds is 10. The van der Waals surface area contributed by atoms with Crippen LogP contribution < -0.4 is 15.4 Å². The molecule has 0 radical (unpaired) electrons. The quantitative estimate of drug-likeness (QED) is 0.486. The van der Waals surface area contributed by atoms with E-state index in [2.05, 4.69) is 22.5 Å². The van der Waals surface area contributed by atoms with Gasteiger partial charge in [-0.05, 0) is 49.7 Å². The minimum absolute atomic E-state index is 0.0483. The minimum atomic E-state index is -0.484. The molecule has 1 fully saturated rings. The van der Waals surface area contributed by atoms with E-state index in [0.29, 0.717) is 24.7 Å². The summed E-state index contributed by atoms with van der Waals surface area (Å²) in [6.07, 6.45) is 0. The van der Waals surface area contributed by atoms with Crippen LogP contribution in [0.2, 0.25) is 5.02 Å². The smallest absolute Gasteiger partial charge is 0.260 e. The number of carbonyl (C=O) groups is 3. The van der Waals surface area contributed by atoms with Gasteiger partial charge in [0.1, 0.15) is 18.2 Å². The average Bonchev–Trinajstić information content (AvgIpc) is 2.85. The lowest BCUT2D eigenvalue weighted by molar-refractivity contribution is -0.139. The number of anilines is 1. The number of nitrogens with one attached hydrogen (secondary N) is 2. The van der Waals surface area contributed by atoms with E-state index >= 15 is 0 Å². The molecule has 0 aliphatic carbocycles. The summed E-state index contributed by atoms with van der Waals surface area (Å²) >= 11 is 6.08. The van der Waals surface area contributed by atoms with E-state index in [-0.39, 0.29) is 55.0 Å². The van der Waals surface area contributed by atoms with Crippen molar-refractivity contribution in [2.75, 3.05) is 45.3 Å². The van der Waals surface area contributed by atoms with Crippen LogP contribution in [0.5, 0.6) is 5.75 Å². The molecule has 1 aliphatic rings. The van der Waals surface area contributed by atoms with Gasteiger partial charge < -0.3 is 25.0 Å². The lowest BCUT2D eigenvalue weighted by Gasteiger charge is -2.44. The Bertz CT molecular complexity index is 1100. The average molecular weight is 535 g/mol. The summed E-state index contributed by atoms with van der Waals surface area (Å²) < 4.78 is 23.7. The second kappa shape index (κ2) is 13.4. The van der Waals surface area contributed by atoms with Gasteiger partial charge in [0.2, 0.25) is 11.8 Å². The molecule has 200 valence electrons. The Morgan fingerprint density at radius 1 is 1.03 bits per heavy atom. The number of nitrogens with zero attached hydrogens (tertiary/aromatic N) is 2. The van der Waals surface area contributed by atoms with E-state index in [9.17, 15) is 18.8 Å². The van der Waals surface area contributed by atoms with E-state index in [1.54, 1.807) is 29.2 Å². The van der Waals surface area contributed by atoms with Crippen LogP contribution in [0.1, 0.15) is 19.4 Å². The number of carbonyl (C=O) groups excluding carboxylic acids is 3. The lowest BCUT2D eigenvalue weighted by atomic mass is 10.1. The van der Waals surface area contributed by atoms with Gasteiger partial charge in [-0.25, -0.2) is 4.39 Å². The van der Waals surface area contributed by atoms with Gasteiger partial charge in [-0.15, -0.1) is 0 Å². The first kappa shape index (κ1) is 28.4. The molecule has 9 nitrogen and oxygen atoms in total. The van der Waals surface area contributed by atoms with E-state index in [1.807, 2.05) is 6.92 Å². The molecule has 11 heteroatoms. The SMILES string of the molecule is COCC(=O)NCC(=O)Nc1cc(Cl)ccc1OCC(=O)N1C[C@H](C)N(Cc2ccc(F)cc2)C[C@H]1C. The van der Waals surface area contributed by atoms with Crippen molar-refractivity contribution in [3.8, 4) is 5.75 Å². The predicted molar refractivity (Wildman–Crippen MR) is 138 cm³/mol. The van der Waals surface area contributed by atoms with Crippen molar-refractivity contribution in [2.24, 2.45) is 0 Å². The topological polar surface area (TPSA) is 100 Å². The van der Waals surface area contributed by atoms with Gasteiger partial charge in [0, 0.05) is 43.9 Å². The van der Waals surface area contributed by atoms with Crippen LogP contribution in [0, 0.1) is 5.82 Å². The largest absolute Gasteiger partial charge is 0.482 e. The van der Waals surface area contributed by atoms with Crippen LogP contribution in [0.15, 0.2) is 42.5 Å². The number of hydrogen-bond donors (Lipinski definition) is 2. The molecule has 3 amide bonds. The highest BCUT2D eigenvalue weighted by molar-refractivity contribution is 6.31. The molecule has 1 aliphatic heterocycles. The number of methoxy groups -OCH3 is 1. The fourth-order valence-electron chi connectivity index (χ4n) is 4.09. The molecule has 0 bridgehead atoms. The number of benzene rings is 2. The maximum absolute atomic E-state index is 13.2. The zero-order chi connectivity index (χ0) is 26.9. The number of hydrogen-bond acceptors (Lipinski definition) is 6. The molecule has 3 rings (SSSR count). The summed E-state index contributed by atoms with van der Waals surface area (Å²) in [4.78, 5) is 40.9. The Kier molecular flexibility index (Phi) is 10.2. The third-order valence-corrected chi connectivity index (χ3v) is 6.26. The Morgan fingerprint density at radius 3 is 2.46 bits per heavy atom. The summed E-state index contributed by atoms with van der Waals surface area (Å²) in [5, 5.41) is 5.44. The lowest BCUT2D eigenvalue weighted by Crippen LogP contribution is -2.58. The molecule has 0 aromatic heterocycles. The molecule has 0 unspecified atom stereocenters. The molecule has 1 heterocycles. The van der Waals surface area contributed by atoms with Gasteiger partial charge in [0.05, 0.1) is 12.2 Å². The standard InChI is InChI=1S/C26H32ClFN4O5/c1-17-13-32(18(2)12-31(17)14-19-4-7-21(28)8-5-19)26(35)16-37-23-9-6-20(27)10-22(23)30-24(33)11-29-25(34)15-36-3/h4-10,17-18H,11-16H2,1-3H3,(H,29,34)(H,30,33)/t17-,18+/m0/s1. The summed E-state index contributed by atoms with van der Waals surface area (Å²) in [6, 6.07) is 11.2. The van der Waals surface area contributed by atoms with Crippen molar-refractivity contribution < 1.29 is 28.2 Å². The van der Waals surface area contributed by atoms with Crippen molar-refractivity contribution in [3.63, 3.8) is 0 Å². The first-order valence-corrected chi connectivity index (χ1v) is 12.3. The van der Waals surface area contributed by atoms with Crippen LogP contribution in [-0.2, 0) is 25.7 Å². The van der Waals surface area contributed by atoms with Crippen LogP contribution in [0.4, 0.5) is 10.1 Å². The molecule has 2 N–H and O–H groups in total. The summed E-state index contributed by atoms with van der Waals surface area (Å²) in [6.45, 7) is 5.26. The van der Waals surface area contributed by atoms with Gasteiger partial charge in [-0.3, -0.25) is 19.3 Å². The molecule has 1 saturated heterocycles. The van der Waals surface area contributed by atoms with Gasteiger partial charge >= 0.3 is 0 Å². The zero-order valence-electron chi connectivity index (χ0n) is 21.1. The molecule has 2 aromatic rings. The summed E-state index contributed by atoms with van der Waals surface area (Å²) in [5.74, 6) is -1.07. The van der Waals surface area contributed by atoms with E-state index in [0.717, 1.165) is 5.56 Å². The fraction of sp³-hybridized carbons (Fsp3) is 0.423. The maximum atomic E-state index is 13.2. The molecular weight excluding hydrogens is 503 g/mol. The second-order valence-electron chi connectivity index (χ2n) is 8.99. The van der Waals surface area contributed by atoms with Gasteiger partial charge in [0.25, 0.3) is 5.91 Å². The molecule has 2 aromatic carbocycles. The zero-order valence-corrected chi connectivity index (χ0v) is 21.9. The van der Waals surface area contributed by atoms with Crippen molar-refractivity contribution in [3.05, 3.63) is 58.9 Å². The van der Waals surface area contributed by atoms with E-state index in [1.165, 1.54) is 25.3 Å². The van der Waals surface area contributed by atoms with Crippen LogP contribution in [0.3, 0.4) is 0 Å². The van der Waals surface area contributed by atoms with Crippen molar-refractivity contribution in [2.45, 2.75) is 32.5 Å². The molecule has 0 spiro atoms. The summed E-state index contributed by atoms with van der Waals surface area (Å²) in [5.41, 5.74) is 1.30. The second-order valence-corrected chi connectivity index (χ2v) is 9.42. The Balaban J connectivity index is 1.56. The van der Waals surface area contributed by atoms with Crippen LogP contribution >= 0.6 is 11.6 Å². The van der Waals surface area contributed by atoms with E-state index in [4.69, 9.17) is 21.1 Å². The molecular formula is C26H32ClFN4O5. The Hall–Kier alpha value is -3.21. The molecule has 37 heavy (non-hydrogen) atoms.